The van der Waals surface area contributed by atoms with Crippen molar-refractivity contribution in [2.75, 3.05) is 13.1 Å². The second-order valence-corrected chi connectivity index (χ2v) is 23.7. The molecule has 3 aliphatic heterocycles. The third-order valence-electron chi connectivity index (χ3n) is 16.8. The predicted molar refractivity (Wildman–Crippen MR) is 299 cm³/mol. The van der Waals surface area contributed by atoms with Gasteiger partial charge in [-0.25, -0.2) is 4.79 Å². The third kappa shape index (κ3) is 12.2. The monoisotopic (exact) mass is 1140 g/mol. The minimum Gasteiger partial charge on any atom is -0.370 e. The molecule has 0 radical (unpaired) electrons. The Morgan fingerprint density at radius 3 is 2.33 bits per heavy atom. The number of amides is 8. The predicted octanol–water partition coefficient (Wildman–Crippen LogP) is 3.47. The van der Waals surface area contributed by atoms with E-state index in [1.807, 2.05) is 60.7 Å². The number of H-pyrrole nitrogens is 1. The van der Waals surface area contributed by atoms with Crippen LogP contribution >= 0.6 is 7.60 Å². The van der Waals surface area contributed by atoms with Crippen LogP contribution in [0.3, 0.4) is 0 Å². The highest BCUT2D eigenvalue weighted by molar-refractivity contribution is 7.70. The number of carbonyl (C=O) groups is 9. The van der Waals surface area contributed by atoms with Crippen LogP contribution in [-0.2, 0) is 58.1 Å². The zero-order valence-corrected chi connectivity index (χ0v) is 46.0. The van der Waals surface area contributed by atoms with Gasteiger partial charge in [0.05, 0.1) is 11.0 Å². The van der Waals surface area contributed by atoms with Gasteiger partial charge >= 0.3 is 13.3 Å². The van der Waals surface area contributed by atoms with Gasteiger partial charge in [0.15, 0.2) is 0 Å². The Balaban J connectivity index is 0.831. The molecule has 1 aliphatic carbocycles. The van der Waals surface area contributed by atoms with Gasteiger partial charge in [0, 0.05) is 68.5 Å². The Hall–Kier alpha value is -8.27. The minimum atomic E-state index is -5.12. The highest BCUT2D eigenvalue weighted by Gasteiger charge is 2.46. The van der Waals surface area contributed by atoms with E-state index < -0.39 is 78.8 Å². The van der Waals surface area contributed by atoms with E-state index in [2.05, 4.69) is 26.3 Å². The number of nitrogens with zero attached hydrogens (tertiary/aromatic N) is 4. The van der Waals surface area contributed by atoms with Gasteiger partial charge in [0.1, 0.15) is 29.9 Å². The fourth-order valence-electron chi connectivity index (χ4n) is 12.4. The Kier molecular flexibility index (Phi) is 16.5. The van der Waals surface area contributed by atoms with Crippen molar-refractivity contribution in [3.05, 3.63) is 118 Å². The number of nitrogens with one attached hydrogen (secondary N) is 5. The minimum absolute atomic E-state index is 0.0280. The highest BCUT2D eigenvalue weighted by Crippen LogP contribution is 2.40. The van der Waals surface area contributed by atoms with Crippen LogP contribution in [0.25, 0.3) is 32.7 Å². The summed E-state index contributed by atoms with van der Waals surface area (Å²) in [6.07, 6.45) is 5.01. The van der Waals surface area contributed by atoms with Crippen LogP contribution in [0.1, 0.15) is 115 Å². The first-order chi connectivity index (χ1) is 39.2. The van der Waals surface area contributed by atoms with Gasteiger partial charge in [-0.3, -0.25) is 62.2 Å². The van der Waals surface area contributed by atoms with Crippen LogP contribution in [0, 0.1) is 11.8 Å². The average Bonchev–Trinajstić information content (AvgIpc) is 4.12. The van der Waals surface area contributed by atoms with Crippen molar-refractivity contribution in [2.45, 2.75) is 120 Å². The lowest BCUT2D eigenvalue weighted by Crippen LogP contribution is -2.62. The summed E-state index contributed by atoms with van der Waals surface area (Å²) in [6, 6.07) is 19.3. The van der Waals surface area contributed by atoms with E-state index in [1.54, 1.807) is 11.9 Å². The number of carbonyl (C=O) groups excluding carboxylic acids is 9. The van der Waals surface area contributed by atoms with E-state index in [4.69, 9.17) is 5.73 Å². The third-order valence-corrected chi connectivity index (χ3v) is 17.6. The Morgan fingerprint density at radius 1 is 0.817 bits per heavy atom. The molecule has 9 N–H and O–H groups in total. The van der Waals surface area contributed by atoms with Gasteiger partial charge in [0.25, 0.3) is 11.4 Å². The number of imidazole rings is 1. The molecule has 2 aromatic heterocycles. The number of imide groups is 1. The van der Waals surface area contributed by atoms with Crippen LogP contribution < -0.4 is 32.7 Å². The topological polar surface area (TPSA) is 335 Å². The molecule has 4 fully saturated rings. The summed E-state index contributed by atoms with van der Waals surface area (Å²) in [4.78, 5) is 159. The maximum Gasteiger partial charge on any atom is 0.396 e. The van der Waals surface area contributed by atoms with Gasteiger partial charge in [-0.15, -0.1) is 0 Å². The van der Waals surface area contributed by atoms with E-state index in [-0.39, 0.29) is 98.2 Å². The smallest absolute Gasteiger partial charge is 0.370 e. The van der Waals surface area contributed by atoms with Gasteiger partial charge in [-0.05, 0) is 134 Å². The molecule has 430 valence electrons. The molecule has 1 saturated carbocycles. The zero-order valence-electron chi connectivity index (χ0n) is 45.1. The fraction of sp³-hybridized carbons (Fsp3) is 0.414. The SMILES string of the molecule is Cn1c(=O)n(C2CCC(=O)NC2=O)c2ccc(CC3CCC(CC(=O)N4CC[C@H]5CC[C@@H](C(=O)N[C@@H](CCC(N)=O)C(=O)NCc6cccc7ccccc67)N5C(=O)[C@@H](NC(=O)c5cc6cc(C(=O)P(=O)(O)O)ccc6[nH]5)C4)CC3)cc21. The first-order valence-corrected chi connectivity index (χ1v) is 29.3. The van der Waals surface area contributed by atoms with Crippen molar-refractivity contribution in [1.82, 2.24) is 45.2 Å². The van der Waals surface area contributed by atoms with Gasteiger partial charge in [-0.2, -0.15) is 0 Å². The maximum atomic E-state index is 15.1. The Morgan fingerprint density at radius 2 is 1.57 bits per heavy atom. The molecule has 5 heterocycles. The molecule has 0 bridgehead atoms. The molecule has 1 unspecified atom stereocenters. The maximum absolute atomic E-state index is 15.1. The molecular weight excluding hydrogens is 1080 g/mol. The van der Waals surface area contributed by atoms with Crippen LogP contribution in [-0.4, -0.2) is 124 Å². The van der Waals surface area contributed by atoms with E-state index >= 15 is 4.79 Å². The molecule has 6 aromatic rings. The second-order valence-electron chi connectivity index (χ2n) is 22.2. The molecule has 4 aromatic carbocycles. The molecule has 4 aliphatic rings. The Bertz CT molecular complexity index is 3680. The molecule has 5 atom stereocenters. The standard InChI is InChI=1S/C58H65N10O13P/c1-65-48-26-34(13-18-45(48)68(58(65)78)47-20-22-50(70)64-55(47)75)25-32-9-11-33(12-10-32)27-51(71)66-24-23-39-15-19-46(54(74)62-42(17-21-49(59)69)52(72)60-30-37-7-4-6-35-5-2-3-8-40(35)37)67(39)56(76)44(31-66)63-53(73)43-29-38-28-36(14-16-41(38)61-43)57(77)82(79,80)81/h2-8,13-14,16,18,26,28-29,32-33,39,42,44,46-47,61H,9-12,15,17,19-25,27,30-31H2,1H3,(H2,59,69)(H,60,72)(H,62,74)(H,63,73)(H,64,70,75)(H2,79,80,81)/t32?,33?,39-,42+,44+,46+,47?/m1/s1. The normalized spacial score (nSPS) is 21.8. The van der Waals surface area contributed by atoms with Crippen LogP contribution in [0.4, 0.5) is 0 Å². The van der Waals surface area contributed by atoms with Gasteiger partial charge in [-0.1, -0.05) is 48.5 Å². The lowest BCUT2D eigenvalue weighted by molar-refractivity contribution is -0.146. The molecule has 10 rings (SSSR count). The summed E-state index contributed by atoms with van der Waals surface area (Å²) >= 11 is 0. The number of nitrogens with two attached hydrogens (primary N) is 1. The van der Waals surface area contributed by atoms with E-state index in [9.17, 15) is 57.5 Å². The molecule has 3 saturated heterocycles. The summed E-state index contributed by atoms with van der Waals surface area (Å²) in [5.41, 5.74) is 6.92. The van der Waals surface area contributed by atoms with Crippen LogP contribution in [0.15, 0.2) is 89.7 Å². The zero-order chi connectivity index (χ0) is 58.1. The number of hydrogen-bond acceptors (Lipinski definition) is 11. The first-order valence-electron chi connectivity index (χ1n) is 27.7. The van der Waals surface area contributed by atoms with E-state index in [0.717, 1.165) is 54.0 Å². The van der Waals surface area contributed by atoms with Gasteiger partial charge < -0.3 is 46.3 Å². The molecule has 82 heavy (non-hydrogen) atoms. The van der Waals surface area contributed by atoms with Crippen LogP contribution in [0.5, 0.6) is 0 Å². The number of aromatic nitrogens is 3. The summed E-state index contributed by atoms with van der Waals surface area (Å²) in [7, 11) is -3.46. The van der Waals surface area contributed by atoms with Crippen LogP contribution in [0.2, 0.25) is 0 Å². The number of aromatic amines is 1. The van der Waals surface area contributed by atoms with E-state index in [1.165, 1.54) is 38.3 Å². The summed E-state index contributed by atoms with van der Waals surface area (Å²) < 4.78 is 14.7. The number of piperidine rings is 1. The van der Waals surface area contributed by atoms with Crippen molar-refractivity contribution in [3.63, 3.8) is 0 Å². The largest absolute Gasteiger partial charge is 0.396 e. The number of benzene rings is 4. The number of hydrogen-bond donors (Lipinski definition) is 8. The quantitative estimate of drug-likeness (QED) is 0.0480. The number of fused-ring (bicyclic) bond motifs is 4. The van der Waals surface area contributed by atoms with Gasteiger partial charge in [0.2, 0.25) is 41.4 Å². The lowest BCUT2D eigenvalue weighted by Gasteiger charge is -2.39. The highest BCUT2D eigenvalue weighted by atomic mass is 31.2. The van der Waals surface area contributed by atoms with E-state index in [0.29, 0.717) is 35.3 Å². The number of rotatable bonds is 17. The van der Waals surface area contributed by atoms with Crippen molar-refractivity contribution in [3.8, 4) is 0 Å². The lowest BCUT2D eigenvalue weighted by atomic mass is 9.78. The Labute approximate surface area is 469 Å². The fourth-order valence-corrected chi connectivity index (χ4v) is 12.9. The number of aryl methyl sites for hydroxylation is 1. The molecule has 24 heteroatoms. The van der Waals surface area contributed by atoms with Crippen molar-refractivity contribution >= 4 is 93.1 Å². The summed E-state index contributed by atoms with van der Waals surface area (Å²) in [5, 5.41) is 13.0. The average molecular weight is 1140 g/mol. The van der Waals surface area contributed by atoms with Crippen molar-refractivity contribution in [1.29, 1.82) is 0 Å². The van der Waals surface area contributed by atoms with Crippen molar-refractivity contribution in [2.24, 2.45) is 24.6 Å². The second kappa shape index (κ2) is 23.7. The molecule has 23 nitrogen and oxygen atoms in total. The van der Waals surface area contributed by atoms with Crippen molar-refractivity contribution < 1.29 is 57.5 Å². The number of primary amides is 1. The molecular formula is C58H65N10O13P. The summed E-state index contributed by atoms with van der Waals surface area (Å²) in [5.74, 6) is -4.05. The first kappa shape index (κ1) is 57.0. The summed E-state index contributed by atoms with van der Waals surface area (Å²) in [6.45, 7) is 0.0712. The molecule has 0 spiro atoms. The molecule has 8 amide bonds.